The zero-order valence-corrected chi connectivity index (χ0v) is 11.5. The molecule has 3 N–H and O–H groups in total. The van der Waals surface area contributed by atoms with E-state index in [1.165, 1.54) is 0 Å². The number of nitrogens with zero attached hydrogens (tertiary/aromatic N) is 2. The monoisotopic (exact) mass is 266 g/mol. The summed E-state index contributed by atoms with van der Waals surface area (Å²) >= 11 is 1.57. The first-order chi connectivity index (χ1) is 8.74. The van der Waals surface area contributed by atoms with Crippen LogP contribution < -0.4 is 11.3 Å². The third-order valence-electron chi connectivity index (χ3n) is 2.70. The molecule has 0 radical (unpaired) electrons. The predicted molar refractivity (Wildman–Crippen MR) is 74.4 cm³/mol. The number of nitrogens with two attached hydrogens (primary N) is 1. The van der Waals surface area contributed by atoms with Gasteiger partial charge in [0.25, 0.3) is 0 Å². The van der Waals surface area contributed by atoms with Gasteiger partial charge in [-0.1, -0.05) is 13.3 Å². The van der Waals surface area contributed by atoms with E-state index in [1.807, 2.05) is 11.4 Å². The maximum absolute atomic E-state index is 5.70. The van der Waals surface area contributed by atoms with E-state index >= 15 is 0 Å². The Labute approximate surface area is 110 Å². The van der Waals surface area contributed by atoms with Crippen molar-refractivity contribution in [3.05, 3.63) is 17.3 Å². The summed E-state index contributed by atoms with van der Waals surface area (Å²) in [6.45, 7) is 4.63. The molecule has 0 aliphatic carbocycles. The van der Waals surface area contributed by atoms with Gasteiger partial charge >= 0.3 is 0 Å². The van der Waals surface area contributed by atoms with Crippen LogP contribution >= 0.6 is 11.3 Å². The molecule has 0 aliphatic rings. The van der Waals surface area contributed by atoms with E-state index < -0.39 is 0 Å². The Morgan fingerprint density at radius 1 is 1.50 bits per heavy atom. The Bertz CT molecular complexity index is 514. The van der Waals surface area contributed by atoms with Crippen molar-refractivity contribution >= 4 is 27.4 Å². The minimum atomic E-state index is 0.229. The Morgan fingerprint density at radius 2 is 2.33 bits per heavy atom. The molecule has 5 nitrogen and oxygen atoms in total. The summed E-state index contributed by atoms with van der Waals surface area (Å²) in [4.78, 5) is 9.75. The van der Waals surface area contributed by atoms with Crippen molar-refractivity contribution in [3.8, 4) is 0 Å². The first-order valence-corrected chi connectivity index (χ1v) is 6.95. The lowest BCUT2D eigenvalue weighted by atomic mass is 10.2. The van der Waals surface area contributed by atoms with Crippen LogP contribution in [0.3, 0.4) is 0 Å². The Morgan fingerprint density at radius 3 is 3.06 bits per heavy atom. The second kappa shape index (κ2) is 6.08. The molecule has 2 aromatic heterocycles. The van der Waals surface area contributed by atoms with Crippen molar-refractivity contribution in [2.75, 3.05) is 5.43 Å². The van der Waals surface area contributed by atoms with Gasteiger partial charge in [0.05, 0.1) is 11.5 Å². The van der Waals surface area contributed by atoms with E-state index in [4.69, 9.17) is 10.6 Å². The molecule has 0 aliphatic heterocycles. The highest BCUT2D eigenvalue weighted by molar-refractivity contribution is 7.16. The second-order valence-corrected chi connectivity index (χ2v) is 5.08. The van der Waals surface area contributed by atoms with Crippen molar-refractivity contribution in [1.82, 2.24) is 9.97 Å². The zero-order chi connectivity index (χ0) is 13.0. The van der Waals surface area contributed by atoms with Gasteiger partial charge in [0.1, 0.15) is 11.4 Å². The number of rotatable bonds is 6. The third-order valence-corrected chi connectivity index (χ3v) is 3.51. The second-order valence-electron chi connectivity index (χ2n) is 4.18. The minimum absolute atomic E-state index is 0.229. The van der Waals surface area contributed by atoms with Crippen LogP contribution in [0, 0.1) is 0 Å². The number of nitrogen functional groups attached to an aromatic ring is 1. The summed E-state index contributed by atoms with van der Waals surface area (Å²) in [5.74, 6) is 6.79. The summed E-state index contributed by atoms with van der Waals surface area (Å²) in [6.07, 6.45) is 2.39. The fourth-order valence-electron chi connectivity index (χ4n) is 1.78. The van der Waals surface area contributed by atoms with Crippen molar-refractivity contribution in [1.29, 1.82) is 0 Å². The Hall–Kier alpha value is -1.24. The number of aromatic nitrogens is 2. The highest BCUT2D eigenvalue weighted by Crippen LogP contribution is 2.24. The fraction of sp³-hybridized carbons (Fsp3) is 0.500. The van der Waals surface area contributed by atoms with E-state index in [9.17, 15) is 0 Å². The number of hydrazine groups is 1. The smallest absolute Gasteiger partial charge is 0.158 e. The Kier molecular flexibility index (Phi) is 4.46. The number of fused-ring (bicyclic) bond motifs is 1. The summed E-state index contributed by atoms with van der Waals surface area (Å²) in [5.41, 5.74) is 2.61. The number of hydrogen-bond donors (Lipinski definition) is 2. The molecule has 2 heterocycles. The van der Waals surface area contributed by atoms with E-state index in [2.05, 4.69) is 29.2 Å². The summed E-state index contributed by atoms with van der Waals surface area (Å²) in [7, 11) is 0. The quantitative estimate of drug-likeness (QED) is 0.621. The topological polar surface area (TPSA) is 73.1 Å². The van der Waals surface area contributed by atoms with Crippen LogP contribution in [0.1, 0.15) is 32.5 Å². The molecule has 2 aromatic rings. The summed E-state index contributed by atoms with van der Waals surface area (Å²) < 4.78 is 5.70. The van der Waals surface area contributed by atoms with E-state index in [0.29, 0.717) is 18.2 Å². The molecular weight excluding hydrogens is 248 g/mol. The van der Waals surface area contributed by atoms with Gasteiger partial charge in [0, 0.05) is 0 Å². The average Bonchev–Trinajstić information content (AvgIpc) is 2.83. The minimum Gasteiger partial charge on any atom is -0.371 e. The molecule has 0 saturated heterocycles. The van der Waals surface area contributed by atoms with Gasteiger partial charge in [-0.2, -0.15) is 0 Å². The molecule has 1 atom stereocenters. The largest absolute Gasteiger partial charge is 0.371 e. The lowest BCUT2D eigenvalue weighted by Gasteiger charge is -2.11. The van der Waals surface area contributed by atoms with Gasteiger partial charge in [-0.25, -0.2) is 15.8 Å². The lowest BCUT2D eigenvalue weighted by molar-refractivity contribution is 0.0434. The SMILES string of the molecule is CCCC(C)OCc1nc(NN)c2ccsc2n1. The van der Waals surface area contributed by atoms with Crippen molar-refractivity contribution in [2.45, 2.75) is 39.4 Å². The standard InChI is InChI=1S/C12H18N4OS/c1-3-4-8(2)17-7-10-14-11(16-13)9-5-6-18-12(9)15-10/h5-6,8H,3-4,7,13H2,1-2H3,(H,14,15,16). The number of anilines is 1. The van der Waals surface area contributed by atoms with Crippen LogP contribution in [-0.4, -0.2) is 16.1 Å². The molecule has 1 unspecified atom stereocenters. The number of thiophene rings is 1. The molecular formula is C12H18N4OS. The normalized spacial score (nSPS) is 12.8. The van der Waals surface area contributed by atoms with Gasteiger partial charge in [0.2, 0.25) is 0 Å². The van der Waals surface area contributed by atoms with E-state index in [-0.39, 0.29) is 6.10 Å². The Balaban J connectivity index is 2.13. The maximum Gasteiger partial charge on any atom is 0.158 e. The maximum atomic E-state index is 5.70. The van der Waals surface area contributed by atoms with Crippen LogP contribution in [0.4, 0.5) is 5.82 Å². The zero-order valence-electron chi connectivity index (χ0n) is 10.6. The molecule has 98 valence electrons. The van der Waals surface area contributed by atoms with Crippen molar-refractivity contribution < 1.29 is 4.74 Å². The lowest BCUT2D eigenvalue weighted by Crippen LogP contribution is -2.13. The van der Waals surface area contributed by atoms with Gasteiger partial charge in [0.15, 0.2) is 11.6 Å². The molecule has 2 rings (SSSR count). The molecule has 0 amide bonds. The van der Waals surface area contributed by atoms with E-state index in [1.54, 1.807) is 11.3 Å². The van der Waals surface area contributed by atoms with E-state index in [0.717, 1.165) is 23.1 Å². The highest BCUT2D eigenvalue weighted by Gasteiger charge is 2.09. The number of nitrogens with one attached hydrogen (secondary N) is 1. The summed E-state index contributed by atoms with van der Waals surface area (Å²) in [6, 6.07) is 1.96. The van der Waals surface area contributed by atoms with Crippen molar-refractivity contribution in [2.24, 2.45) is 5.84 Å². The van der Waals surface area contributed by atoms with Crippen LogP contribution in [0.5, 0.6) is 0 Å². The van der Waals surface area contributed by atoms with Gasteiger partial charge in [-0.05, 0) is 24.8 Å². The third kappa shape index (κ3) is 2.95. The van der Waals surface area contributed by atoms with Gasteiger partial charge in [-0.3, -0.25) is 0 Å². The van der Waals surface area contributed by atoms with Crippen molar-refractivity contribution in [3.63, 3.8) is 0 Å². The van der Waals surface area contributed by atoms with Crippen LogP contribution in [-0.2, 0) is 11.3 Å². The first-order valence-electron chi connectivity index (χ1n) is 6.07. The summed E-state index contributed by atoms with van der Waals surface area (Å²) in [5, 5.41) is 2.93. The number of ether oxygens (including phenoxy) is 1. The van der Waals surface area contributed by atoms with Gasteiger partial charge < -0.3 is 10.2 Å². The van der Waals surface area contributed by atoms with Crippen LogP contribution in [0.25, 0.3) is 10.2 Å². The number of hydrogen-bond acceptors (Lipinski definition) is 6. The molecule has 0 aromatic carbocycles. The molecule has 0 fully saturated rings. The predicted octanol–water partition coefficient (Wildman–Crippen LogP) is 2.68. The molecule has 18 heavy (non-hydrogen) atoms. The fourth-order valence-corrected chi connectivity index (χ4v) is 2.56. The first kappa shape index (κ1) is 13.2. The van der Waals surface area contributed by atoms with Gasteiger partial charge in [-0.15, -0.1) is 11.3 Å². The molecule has 0 spiro atoms. The van der Waals surface area contributed by atoms with Crippen LogP contribution in [0.2, 0.25) is 0 Å². The highest BCUT2D eigenvalue weighted by atomic mass is 32.1. The molecule has 0 bridgehead atoms. The van der Waals surface area contributed by atoms with Crippen LogP contribution in [0.15, 0.2) is 11.4 Å². The molecule has 0 saturated carbocycles. The average molecular weight is 266 g/mol. The molecule has 6 heteroatoms.